The number of para-hydroxylation sites is 1. The predicted octanol–water partition coefficient (Wildman–Crippen LogP) is 12.1. The number of nitrogens with zero attached hydrogens (tertiary/aromatic N) is 2. The molecule has 2 aromatic heterocycles. The number of aromatic nitrogens is 1. The van der Waals surface area contributed by atoms with Gasteiger partial charge in [-0.3, -0.25) is 4.90 Å². The molecule has 0 saturated carbocycles. The van der Waals surface area contributed by atoms with Crippen molar-refractivity contribution in [2.75, 3.05) is 4.90 Å². The van der Waals surface area contributed by atoms with Crippen LogP contribution in [0.15, 0.2) is 174 Å². The molecule has 3 nitrogen and oxygen atoms in total. The van der Waals surface area contributed by atoms with Crippen LogP contribution in [0.3, 0.4) is 0 Å². The van der Waals surface area contributed by atoms with E-state index in [1.807, 2.05) is 6.20 Å². The zero-order valence-electron chi connectivity index (χ0n) is 25.0. The molecule has 0 bridgehead atoms. The zero-order valence-corrected chi connectivity index (χ0v) is 25.0. The lowest BCUT2D eigenvalue weighted by Gasteiger charge is -2.27. The Labute approximate surface area is 266 Å². The van der Waals surface area contributed by atoms with Crippen LogP contribution in [0.25, 0.3) is 65.7 Å². The van der Waals surface area contributed by atoms with E-state index in [-0.39, 0.29) is 0 Å². The van der Waals surface area contributed by atoms with Gasteiger partial charge in [0.05, 0.1) is 5.69 Å². The lowest BCUT2D eigenvalue weighted by Crippen LogP contribution is -2.13. The number of anilines is 3. The average molecular weight is 589 g/mol. The van der Waals surface area contributed by atoms with Crippen LogP contribution in [0.4, 0.5) is 17.2 Å². The fraction of sp³-hybridized carbons (Fsp3) is 0. The van der Waals surface area contributed by atoms with Crippen molar-refractivity contribution in [2.45, 2.75) is 0 Å². The molecule has 0 aliphatic carbocycles. The second kappa shape index (κ2) is 10.8. The number of hydrogen-bond acceptors (Lipinski definition) is 3. The smallest absolute Gasteiger partial charge is 0.181 e. The lowest BCUT2D eigenvalue weighted by atomic mass is 9.96. The standard InChI is InChI=1S/C43H28N2O/c1-2-12-29(13-3-1)32-17-10-18-33(28-32)45(40-23-9-8-21-37(40)36-22-11-16-30-14-4-6-19-34(30)36)43-42-39(26-27-44-43)38-25-24-31-15-5-7-20-35(31)41(38)46-42/h1-28H. The first-order valence-corrected chi connectivity index (χ1v) is 15.6. The third-order valence-electron chi connectivity index (χ3n) is 8.91. The molecule has 0 spiro atoms. The number of pyridine rings is 1. The molecule has 0 saturated heterocycles. The van der Waals surface area contributed by atoms with Crippen molar-refractivity contribution in [2.24, 2.45) is 0 Å². The highest BCUT2D eigenvalue weighted by molar-refractivity contribution is 6.17. The van der Waals surface area contributed by atoms with E-state index >= 15 is 0 Å². The molecule has 9 rings (SSSR count). The lowest BCUT2D eigenvalue weighted by molar-refractivity contribution is 0.671. The van der Waals surface area contributed by atoms with Gasteiger partial charge in [0, 0.05) is 33.6 Å². The van der Waals surface area contributed by atoms with Crippen molar-refractivity contribution in [1.82, 2.24) is 4.98 Å². The molecule has 0 unspecified atom stereocenters. The SMILES string of the molecule is c1ccc(-c2cccc(N(c3ccccc3-c3cccc4ccccc34)c3nccc4c3oc3c5ccccc5ccc43)c2)cc1. The van der Waals surface area contributed by atoms with E-state index in [4.69, 9.17) is 9.40 Å². The van der Waals surface area contributed by atoms with Gasteiger partial charge in [-0.25, -0.2) is 4.98 Å². The summed E-state index contributed by atoms with van der Waals surface area (Å²) >= 11 is 0. The third kappa shape index (κ3) is 4.25. The summed E-state index contributed by atoms with van der Waals surface area (Å²) in [6, 6.07) is 57.7. The molecule has 0 radical (unpaired) electrons. The summed E-state index contributed by atoms with van der Waals surface area (Å²) in [7, 11) is 0. The van der Waals surface area contributed by atoms with E-state index in [9.17, 15) is 0 Å². The van der Waals surface area contributed by atoms with Crippen molar-refractivity contribution < 1.29 is 4.42 Å². The number of hydrogen-bond donors (Lipinski definition) is 0. The molecule has 0 N–H and O–H groups in total. The summed E-state index contributed by atoms with van der Waals surface area (Å²) in [6.07, 6.45) is 1.90. The van der Waals surface area contributed by atoms with Crippen LogP contribution in [0, 0.1) is 0 Å². The summed E-state index contributed by atoms with van der Waals surface area (Å²) in [5.41, 5.74) is 8.23. The molecular weight excluding hydrogens is 560 g/mol. The largest absolute Gasteiger partial charge is 0.451 e. The van der Waals surface area contributed by atoms with Gasteiger partial charge in [0.2, 0.25) is 0 Å². The quantitative estimate of drug-likeness (QED) is 0.200. The van der Waals surface area contributed by atoms with Crippen LogP contribution in [-0.2, 0) is 0 Å². The minimum absolute atomic E-state index is 0.746. The van der Waals surface area contributed by atoms with Crippen LogP contribution in [-0.4, -0.2) is 4.98 Å². The summed E-state index contributed by atoms with van der Waals surface area (Å²) in [4.78, 5) is 7.33. The van der Waals surface area contributed by atoms with E-state index in [0.717, 1.165) is 66.6 Å². The van der Waals surface area contributed by atoms with Crippen molar-refractivity contribution in [1.29, 1.82) is 0 Å². The first kappa shape index (κ1) is 26.2. The molecular formula is C43H28N2O. The zero-order chi connectivity index (χ0) is 30.5. The Morgan fingerprint density at radius 3 is 1.98 bits per heavy atom. The van der Waals surface area contributed by atoms with Gasteiger partial charge in [0.1, 0.15) is 5.58 Å². The summed E-state index contributed by atoms with van der Waals surface area (Å²) in [6.45, 7) is 0. The number of benzene rings is 7. The van der Waals surface area contributed by atoms with Gasteiger partial charge < -0.3 is 4.42 Å². The van der Waals surface area contributed by atoms with E-state index < -0.39 is 0 Å². The maximum atomic E-state index is 6.85. The van der Waals surface area contributed by atoms with Crippen LogP contribution in [0.1, 0.15) is 0 Å². The molecule has 3 heteroatoms. The van der Waals surface area contributed by atoms with Gasteiger partial charge in [-0.1, -0.05) is 133 Å². The van der Waals surface area contributed by atoms with E-state index in [1.165, 1.54) is 16.3 Å². The topological polar surface area (TPSA) is 29.3 Å². The van der Waals surface area contributed by atoms with Gasteiger partial charge in [-0.05, 0) is 63.2 Å². The predicted molar refractivity (Wildman–Crippen MR) is 192 cm³/mol. The monoisotopic (exact) mass is 588 g/mol. The second-order valence-electron chi connectivity index (χ2n) is 11.6. The van der Waals surface area contributed by atoms with Gasteiger partial charge >= 0.3 is 0 Å². The molecule has 9 aromatic rings. The van der Waals surface area contributed by atoms with Crippen LogP contribution >= 0.6 is 0 Å². The van der Waals surface area contributed by atoms with Gasteiger partial charge in [-0.2, -0.15) is 0 Å². The molecule has 0 aliphatic heterocycles. The number of fused-ring (bicyclic) bond motifs is 6. The summed E-state index contributed by atoms with van der Waals surface area (Å²) in [5, 5.41) is 6.78. The average Bonchev–Trinajstić information content (AvgIpc) is 3.52. The first-order valence-electron chi connectivity index (χ1n) is 15.6. The Morgan fingerprint density at radius 1 is 0.435 bits per heavy atom. The Morgan fingerprint density at radius 2 is 1.09 bits per heavy atom. The fourth-order valence-corrected chi connectivity index (χ4v) is 6.76. The van der Waals surface area contributed by atoms with Crippen molar-refractivity contribution in [3.8, 4) is 22.3 Å². The fourth-order valence-electron chi connectivity index (χ4n) is 6.76. The van der Waals surface area contributed by atoms with Crippen molar-refractivity contribution in [3.63, 3.8) is 0 Å². The molecule has 0 aliphatic rings. The van der Waals surface area contributed by atoms with Crippen molar-refractivity contribution >= 4 is 60.7 Å². The summed E-state index contributed by atoms with van der Waals surface area (Å²) < 4.78 is 6.85. The Balaban J connectivity index is 1.35. The third-order valence-corrected chi connectivity index (χ3v) is 8.91. The van der Waals surface area contributed by atoms with Crippen molar-refractivity contribution in [3.05, 3.63) is 170 Å². The Hall–Kier alpha value is -6.19. The first-order chi connectivity index (χ1) is 22.8. The summed E-state index contributed by atoms with van der Waals surface area (Å²) in [5.74, 6) is 0.746. The normalized spacial score (nSPS) is 11.5. The molecule has 0 fully saturated rings. The minimum Gasteiger partial charge on any atom is -0.451 e. The molecule has 0 atom stereocenters. The molecule has 0 amide bonds. The van der Waals surface area contributed by atoms with Crippen LogP contribution in [0.2, 0.25) is 0 Å². The van der Waals surface area contributed by atoms with Gasteiger partial charge in [0.15, 0.2) is 11.4 Å². The minimum atomic E-state index is 0.746. The molecule has 216 valence electrons. The molecule has 46 heavy (non-hydrogen) atoms. The second-order valence-corrected chi connectivity index (χ2v) is 11.6. The Bertz CT molecular complexity index is 2540. The number of rotatable bonds is 5. The molecule has 2 heterocycles. The maximum absolute atomic E-state index is 6.85. The van der Waals surface area contributed by atoms with E-state index in [1.54, 1.807) is 0 Å². The van der Waals surface area contributed by atoms with Gasteiger partial charge in [0.25, 0.3) is 0 Å². The highest BCUT2D eigenvalue weighted by Gasteiger charge is 2.24. The highest BCUT2D eigenvalue weighted by atomic mass is 16.3. The highest BCUT2D eigenvalue weighted by Crippen LogP contribution is 2.46. The maximum Gasteiger partial charge on any atom is 0.181 e. The van der Waals surface area contributed by atoms with Crippen LogP contribution < -0.4 is 4.90 Å². The Kier molecular flexibility index (Phi) is 6.14. The van der Waals surface area contributed by atoms with Gasteiger partial charge in [-0.15, -0.1) is 0 Å². The number of furan rings is 1. The van der Waals surface area contributed by atoms with Crippen LogP contribution in [0.5, 0.6) is 0 Å². The molecule has 7 aromatic carbocycles. The van der Waals surface area contributed by atoms with E-state index in [0.29, 0.717) is 0 Å². The van der Waals surface area contributed by atoms with E-state index in [2.05, 4.69) is 169 Å².